The first kappa shape index (κ1) is 24.7. The Balaban J connectivity index is 1.56. The Morgan fingerprint density at radius 3 is 2.08 bits per heavy atom. The third-order valence-corrected chi connectivity index (χ3v) is 5.65. The van der Waals surface area contributed by atoms with Gasteiger partial charge in [-0.1, -0.05) is 32.0 Å². The van der Waals surface area contributed by atoms with Crippen LogP contribution in [0.2, 0.25) is 0 Å². The van der Waals surface area contributed by atoms with Crippen LogP contribution in [0.15, 0.2) is 78.2 Å². The van der Waals surface area contributed by atoms with Crippen molar-refractivity contribution in [2.75, 3.05) is 13.2 Å². The number of nitriles is 1. The molecule has 4 rings (SSSR count). The smallest absolute Gasteiger partial charge is 0.343 e. The summed E-state index contributed by atoms with van der Waals surface area (Å²) in [5.74, 6) is 1.29. The van der Waals surface area contributed by atoms with Crippen molar-refractivity contribution in [3.05, 3.63) is 94.9 Å². The van der Waals surface area contributed by atoms with Crippen LogP contribution in [0.4, 0.5) is 0 Å². The first-order chi connectivity index (χ1) is 17.5. The van der Waals surface area contributed by atoms with Crippen molar-refractivity contribution in [1.82, 2.24) is 0 Å². The van der Waals surface area contributed by atoms with Crippen LogP contribution in [0.25, 0.3) is 0 Å². The Hall–Kier alpha value is -4.44. The number of rotatable bonds is 9. The number of nitrogens with zero attached hydrogens (tertiary/aromatic N) is 1. The number of nitrogens with two attached hydrogens (primary N) is 1. The number of carbonyl (C=O) groups is 1. The largest absolute Gasteiger partial charge is 0.494 e. The summed E-state index contributed by atoms with van der Waals surface area (Å²) in [6.45, 7) is 5.32. The molecular weight excluding hydrogens is 456 g/mol. The molecule has 0 saturated carbocycles. The molecule has 1 aliphatic rings. The lowest BCUT2D eigenvalue weighted by atomic mass is 9.83. The van der Waals surface area contributed by atoms with Gasteiger partial charge in [-0.15, -0.1) is 0 Å². The number of esters is 1. The van der Waals surface area contributed by atoms with Gasteiger partial charge < -0.3 is 24.7 Å². The van der Waals surface area contributed by atoms with Crippen LogP contribution in [0.1, 0.15) is 54.1 Å². The number of hydrogen-bond acceptors (Lipinski definition) is 7. The van der Waals surface area contributed by atoms with Gasteiger partial charge >= 0.3 is 5.97 Å². The second-order valence-electron chi connectivity index (χ2n) is 8.30. The van der Waals surface area contributed by atoms with Crippen molar-refractivity contribution in [2.45, 2.75) is 32.6 Å². The van der Waals surface area contributed by atoms with Crippen molar-refractivity contribution in [3.8, 4) is 29.1 Å². The zero-order valence-electron chi connectivity index (χ0n) is 20.3. The number of benzene rings is 3. The Labute approximate surface area is 210 Å². The van der Waals surface area contributed by atoms with Crippen molar-refractivity contribution in [2.24, 2.45) is 5.73 Å². The van der Waals surface area contributed by atoms with Gasteiger partial charge in [0, 0.05) is 11.6 Å². The molecule has 0 aromatic heterocycles. The van der Waals surface area contributed by atoms with Crippen LogP contribution >= 0.6 is 0 Å². The zero-order valence-corrected chi connectivity index (χ0v) is 20.3. The number of ether oxygens (including phenoxy) is 4. The van der Waals surface area contributed by atoms with E-state index in [0.29, 0.717) is 41.6 Å². The molecule has 1 aliphatic heterocycles. The monoisotopic (exact) mass is 484 g/mol. The summed E-state index contributed by atoms with van der Waals surface area (Å²) in [6, 6.07) is 21.6. The average molecular weight is 485 g/mol. The molecule has 1 atom stereocenters. The molecule has 3 aromatic carbocycles. The first-order valence-electron chi connectivity index (χ1n) is 11.9. The van der Waals surface area contributed by atoms with Crippen LogP contribution in [0.3, 0.4) is 0 Å². The van der Waals surface area contributed by atoms with Gasteiger partial charge in [-0.3, -0.25) is 0 Å². The number of carbonyl (C=O) groups excluding carboxylic acids is 1. The fraction of sp³-hybridized carbons (Fsp3) is 0.241. The molecule has 0 bridgehead atoms. The Kier molecular flexibility index (Phi) is 7.76. The molecule has 0 radical (unpaired) electrons. The molecule has 0 saturated heterocycles. The van der Waals surface area contributed by atoms with E-state index in [1.165, 1.54) is 0 Å². The van der Waals surface area contributed by atoms with Crippen molar-refractivity contribution >= 4 is 5.97 Å². The van der Waals surface area contributed by atoms with Gasteiger partial charge in [-0.05, 0) is 60.9 Å². The van der Waals surface area contributed by atoms with E-state index in [0.717, 1.165) is 29.7 Å². The van der Waals surface area contributed by atoms with E-state index in [1.807, 2.05) is 38.1 Å². The highest BCUT2D eigenvalue weighted by Crippen LogP contribution is 2.43. The number of fused-ring (bicyclic) bond motifs is 1. The minimum atomic E-state index is -0.506. The van der Waals surface area contributed by atoms with E-state index in [9.17, 15) is 10.1 Å². The maximum absolute atomic E-state index is 12.7. The average Bonchev–Trinajstić information content (AvgIpc) is 2.90. The quantitative estimate of drug-likeness (QED) is 0.307. The van der Waals surface area contributed by atoms with Gasteiger partial charge in [0.05, 0.1) is 24.7 Å². The van der Waals surface area contributed by atoms with Crippen molar-refractivity contribution in [1.29, 1.82) is 5.26 Å². The molecule has 3 aromatic rings. The SMILES string of the molecule is CCCOc1ccc(C(=O)Oc2ccc3c(c2)OC(N)=C(C#N)C3c2ccc(OCCC)cc2)cc1. The molecule has 1 unspecified atom stereocenters. The fourth-order valence-electron chi connectivity index (χ4n) is 3.89. The topological polar surface area (TPSA) is 104 Å². The van der Waals surface area contributed by atoms with Gasteiger partial charge in [-0.25, -0.2) is 4.79 Å². The van der Waals surface area contributed by atoms with Gasteiger partial charge in [0.25, 0.3) is 0 Å². The fourth-order valence-corrected chi connectivity index (χ4v) is 3.89. The summed E-state index contributed by atoms with van der Waals surface area (Å²) < 4.78 is 22.5. The third kappa shape index (κ3) is 5.44. The summed E-state index contributed by atoms with van der Waals surface area (Å²) in [5.41, 5.74) is 8.45. The van der Waals surface area contributed by atoms with Crippen LogP contribution < -0.4 is 24.7 Å². The molecule has 1 heterocycles. The van der Waals surface area contributed by atoms with Gasteiger partial charge in [0.2, 0.25) is 5.88 Å². The maximum atomic E-state index is 12.7. The van der Waals surface area contributed by atoms with Crippen LogP contribution in [-0.2, 0) is 0 Å². The highest BCUT2D eigenvalue weighted by molar-refractivity contribution is 5.91. The molecule has 0 fully saturated rings. The molecular formula is C29H28N2O5. The third-order valence-electron chi connectivity index (χ3n) is 5.65. The Morgan fingerprint density at radius 1 is 0.917 bits per heavy atom. The molecule has 0 spiro atoms. The Morgan fingerprint density at radius 2 is 1.50 bits per heavy atom. The lowest BCUT2D eigenvalue weighted by molar-refractivity contribution is 0.0734. The predicted molar refractivity (Wildman–Crippen MR) is 135 cm³/mol. The second kappa shape index (κ2) is 11.3. The summed E-state index contributed by atoms with van der Waals surface area (Å²) in [5, 5.41) is 9.79. The van der Waals surface area contributed by atoms with E-state index in [4.69, 9.17) is 24.7 Å². The lowest BCUT2D eigenvalue weighted by Crippen LogP contribution is -2.21. The molecule has 7 heteroatoms. The number of allylic oxidation sites excluding steroid dienone is 1. The van der Waals surface area contributed by atoms with Gasteiger partial charge in [0.15, 0.2) is 0 Å². The Bertz CT molecular complexity index is 1290. The van der Waals surface area contributed by atoms with Gasteiger partial charge in [-0.2, -0.15) is 5.26 Å². The zero-order chi connectivity index (χ0) is 25.5. The van der Waals surface area contributed by atoms with Crippen LogP contribution in [0.5, 0.6) is 23.0 Å². The van der Waals surface area contributed by atoms with E-state index < -0.39 is 11.9 Å². The normalized spacial score (nSPS) is 14.3. The molecule has 36 heavy (non-hydrogen) atoms. The number of hydrogen-bond donors (Lipinski definition) is 1. The van der Waals surface area contributed by atoms with Crippen molar-refractivity contribution in [3.63, 3.8) is 0 Å². The second-order valence-corrected chi connectivity index (χ2v) is 8.30. The van der Waals surface area contributed by atoms with Crippen molar-refractivity contribution < 1.29 is 23.7 Å². The molecule has 184 valence electrons. The predicted octanol–water partition coefficient (Wildman–Crippen LogP) is 5.70. The van der Waals surface area contributed by atoms with Crippen LogP contribution in [0, 0.1) is 11.3 Å². The van der Waals surface area contributed by atoms with E-state index >= 15 is 0 Å². The molecule has 2 N–H and O–H groups in total. The van der Waals surface area contributed by atoms with E-state index in [2.05, 4.69) is 6.07 Å². The lowest BCUT2D eigenvalue weighted by Gasteiger charge is -2.26. The van der Waals surface area contributed by atoms with E-state index in [1.54, 1.807) is 42.5 Å². The highest BCUT2D eigenvalue weighted by Gasteiger charge is 2.31. The summed E-state index contributed by atoms with van der Waals surface area (Å²) in [7, 11) is 0. The molecule has 0 aliphatic carbocycles. The summed E-state index contributed by atoms with van der Waals surface area (Å²) in [6.07, 6.45) is 1.82. The highest BCUT2D eigenvalue weighted by atomic mass is 16.5. The summed E-state index contributed by atoms with van der Waals surface area (Å²) >= 11 is 0. The minimum absolute atomic E-state index is 0.0208. The molecule has 7 nitrogen and oxygen atoms in total. The molecule has 0 amide bonds. The first-order valence-corrected chi connectivity index (χ1v) is 11.9. The minimum Gasteiger partial charge on any atom is -0.494 e. The summed E-state index contributed by atoms with van der Waals surface area (Å²) in [4.78, 5) is 12.7. The van der Waals surface area contributed by atoms with Gasteiger partial charge in [0.1, 0.15) is 34.6 Å². The van der Waals surface area contributed by atoms with Crippen LogP contribution in [-0.4, -0.2) is 19.2 Å². The standard InChI is InChI=1S/C29H28N2O5/c1-3-15-33-21-9-5-19(6-10-21)27-24-14-13-23(17-26(24)36-28(31)25(27)18-30)35-29(32)20-7-11-22(12-8-20)34-16-4-2/h5-14,17,27H,3-4,15-16,31H2,1-2H3. The van der Waals surface area contributed by atoms with E-state index in [-0.39, 0.29) is 5.88 Å². The maximum Gasteiger partial charge on any atom is 0.343 e.